The number of fused-ring (bicyclic) bond motifs is 1. The van der Waals surface area contributed by atoms with E-state index >= 15 is 0 Å². The van der Waals surface area contributed by atoms with Gasteiger partial charge in [-0.1, -0.05) is 48.5 Å². The number of nitrogens with one attached hydrogen (secondary N) is 3. The van der Waals surface area contributed by atoms with E-state index in [0.29, 0.717) is 12.2 Å². The lowest BCUT2D eigenvalue weighted by Gasteiger charge is -2.32. The quantitative estimate of drug-likeness (QED) is 0.556. The molecule has 6 heteroatoms. The fourth-order valence-corrected chi connectivity index (χ4v) is 4.89. The molecular formula is C24H26N3O2S+. The van der Waals surface area contributed by atoms with Crippen molar-refractivity contribution in [1.82, 2.24) is 5.32 Å². The summed E-state index contributed by atoms with van der Waals surface area (Å²) in [6.45, 7) is 4.25. The van der Waals surface area contributed by atoms with Gasteiger partial charge in [-0.25, -0.2) is 0 Å². The molecule has 0 radical (unpaired) electrons. The molecule has 1 unspecified atom stereocenters. The number of amides is 2. The van der Waals surface area contributed by atoms with Crippen LogP contribution >= 0.6 is 11.3 Å². The number of carbonyl (C=O) groups is 2. The number of thiophene rings is 1. The molecular weight excluding hydrogens is 394 g/mol. The fourth-order valence-electron chi connectivity index (χ4n) is 4.00. The minimum Gasteiger partial charge on any atom is -0.341 e. The van der Waals surface area contributed by atoms with Crippen LogP contribution in [0.25, 0.3) is 0 Å². The van der Waals surface area contributed by atoms with E-state index in [1.165, 1.54) is 20.9 Å². The first-order valence-electron chi connectivity index (χ1n) is 10.2. The number of quaternary nitrogens is 1. The molecule has 0 fully saturated rings. The second kappa shape index (κ2) is 9.24. The second-order valence-corrected chi connectivity index (χ2v) is 8.63. The van der Waals surface area contributed by atoms with Gasteiger partial charge in [0.15, 0.2) is 0 Å². The number of hydrogen-bond donors (Lipinski definition) is 3. The van der Waals surface area contributed by atoms with E-state index in [4.69, 9.17) is 0 Å². The lowest BCUT2D eigenvalue weighted by molar-refractivity contribution is -0.945. The van der Waals surface area contributed by atoms with E-state index < -0.39 is 11.8 Å². The Labute approximate surface area is 180 Å². The van der Waals surface area contributed by atoms with Gasteiger partial charge in [-0.15, -0.1) is 11.3 Å². The van der Waals surface area contributed by atoms with E-state index in [9.17, 15) is 9.59 Å². The van der Waals surface area contributed by atoms with Gasteiger partial charge in [0.2, 0.25) is 0 Å². The highest BCUT2D eigenvalue weighted by Gasteiger charge is 2.30. The van der Waals surface area contributed by atoms with Crippen molar-refractivity contribution in [2.45, 2.75) is 25.9 Å². The summed E-state index contributed by atoms with van der Waals surface area (Å²) in [5, 5.41) is 7.63. The maximum absolute atomic E-state index is 12.5. The number of rotatable bonds is 5. The average Bonchev–Trinajstić information content (AvgIpc) is 3.30. The summed E-state index contributed by atoms with van der Waals surface area (Å²) in [6.07, 6.45) is 1.02. The molecule has 0 aliphatic carbocycles. The number of para-hydroxylation sites is 1. The zero-order valence-corrected chi connectivity index (χ0v) is 17.8. The number of hydrogen-bond acceptors (Lipinski definition) is 3. The van der Waals surface area contributed by atoms with E-state index in [-0.39, 0.29) is 6.04 Å². The Morgan fingerprint density at radius 1 is 1.00 bits per heavy atom. The Hall–Kier alpha value is -2.96. The largest absolute Gasteiger partial charge is 0.341 e. The molecule has 3 N–H and O–H groups in total. The van der Waals surface area contributed by atoms with E-state index in [0.717, 1.165) is 25.1 Å². The first-order chi connectivity index (χ1) is 14.6. The number of carbonyl (C=O) groups excluding carboxylic acids is 2. The van der Waals surface area contributed by atoms with Crippen LogP contribution in [0, 0.1) is 6.92 Å². The highest BCUT2D eigenvalue weighted by atomic mass is 32.1. The molecule has 1 aliphatic rings. The number of aryl methyl sites for hydroxylation is 1. The van der Waals surface area contributed by atoms with Crippen molar-refractivity contribution in [2.75, 3.05) is 18.4 Å². The molecule has 0 bridgehead atoms. The summed E-state index contributed by atoms with van der Waals surface area (Å²) in [7, 11) is 0. The standard InChI is InChI=1S/C24H25N3O2S/c1-17-7-2-5-10-20(17)26-24(29)23(28)25-15-21(22-11-6-14-30-22)27-13-12-18-8-3-4-9-19(18)16-27/h2-11,14,21H,12-13,15-16H2,1H3,(H,25,28)(H,26,29)/p+1/t21-/m0/s1. The Balaban J connectivity index is 1.43. The smallest absolute Gasteiger partial charge is 0.313 e. The van der Waals surface area contributed by atoms with Crippen LogP contribution in [0.3, 0.4) is 0 Å². The average molecular weight is 421 g/mol. The van der Waals surface area contributed by atoms with Crippen LogP contribution < -0.4 is 15.5 Å². The Kier molecular flexibility index (Phi) is 6.26. The molecule has 1 aliphatic heterocycles. The van der Waals surface area contributed by atoms with Crippen molar-refractivity contribution in [3.05, 3.63) is 87.6 Å². The van der Waals surface area contributed by atoms with Gasteiger partial charge in [-0.2, -0.15) is 0 Å². The van der Waals surface area contributed by atoms with Gasteiger partial charge in [0.1, 0.15) is 12.6 Å². The first kappa shape index (κ1) is 20.3. The van der Waals surface area contributed by atoms with Crippen LogP contribution in [0.15, 0.2) is 66.0 Å². The molecule has 2 amide bonds. The van der Waals surface area contributed by atoms with E-state index in [1.54, 1.807) is 17.4 Å². The van der Waals surface area contributed by atoms with Crippen molar-refractivity contribution in [3.8, 4) is 0 Å². The lowest BCUT2D eigenvalue weighted by atomic mass is 9.98. The van der Waals surface area contributed by atoms with Crippen LogP contribution in [0.2, 0.25) is 0 Å². The monoisotopic (exact) mass is 420 g/mol. The number of anilines is 1. The first-order valence-corrected chi connectivity index (χ1v) is 11.1. The molecule has 0 saturated carbocycles. The summed E-state index contributed by atoms with van der Waals surface area (Å²) in [4.78, 5) is 27.5. The molecule has 0 saturated heterocycles. The molecule has 4 rings (SSSR count). The number of benzene rings is 2. The molecule has 5 nitrogen and oxygen atoms in total. The van der Waals surface area contributed by atoms with Crippen LogP contribution in [-0.4, -0.2) is 24.9 Å². The molecule has 0 spiro atoms. The van der Waals surface area contributed by atoms with Gasteiger partial charge < -0.3 is 15.5 Å². The normalized spacial score (nSPS) is 16.4. The van der Waals surface area contributed by atoms with Crippen molar-refractivity contribution < 1.29 is 14.5 Å². The molecule has 1 aromatic heterocycles. The zero-order chi connectivity index (χ0) is 20.9. The van der Waals surface area contributed by atoms with Gasteiger partial charge >= 0.3 is 11.8 Å². The molecule has 3 aromatic rings. The van der Waals surface area contributed by atoms with Gasteiger partial charge in [-0.05, 0) is 35.6 Å². The molecule has 2 aromatic carbocycles. The topological polar surface area (TPSA) is 62.6 Å². The SMILES string of the molecule is Cc1ccccc1NC(=O)C(=O)NC[C@@H](c1cccs1)[NH+]1CCc2ccccc2C1. The van der Waals surface area contributed by atoms with E-state index in [1.807, 2.05) is 31.2 Å². The summed E-state index contributed by atoms with van der Waals surface area (Å²) < 4.78 is 0. The molecule has 2 heterocycles. The van der Waals surface area contributed by atoms with Gasteiger partial charge in [-0.3, -0.25) is 9.59 Å². The fraction of sp³-hybridized carbons (Fsp3) is 0.250. The minimum absolute atomic E-state index is 0.119. The van der Waals surface area contributed by atoms with Gasteiger partial charge in [0.25, 0.3) is 0 Å². The van der Waals surface area contributed by atoms with Crippen LogP contribution in [0.4, 0.5) is 5.69 Å². The summed E-state index contributed by atoms with van der Waals surface area (Å²) in [5.41, 5.74) is 4.36. The summed E-state index contributed by atoms with van der Waals surface area (Å²) >= 11 is 1.70. The third kappa shape index (κ3) is 4.61. The van der Waals surface area contributed by atoms with Gasteiger partial charge in [0, 0.05) is 17.7 Å². The summed E-state index contributed by atoms with van der Waals surface area (Å²) in [6, 6.07) is 20.3. The van der Waals surface area contributed by atoms with Crippen LogP contribution in [0.1, 0.15) is 27.6 Å². The Bertz CT molecular complexity index is 1030. The molecule has 2 atom stereocenters. The third-order valence-corrected chi connectivity index (χ3v) is 6.68. The molecule has 154 valence electrons. The minimum atomic E-state index is -0.631. The Morgan fingerprint density at radius 2 is 1.77 bits per heavy atom. The maximum atomic E-state index is 12.5. The third-order valence-electron chi connectivity index (χ3n) is 5.70. The van der Waals surface area contributed by atoms with Crippen molar-refractivity contribution in [2.24, 2.45) is 0 Å². The predicted molar refractivity (Wildman–Crippen MR) is 120 cm³/mol. The Morgan fingerprint density at radius 3 is 2.53 bits per heavy atom. The van der Waals surface area contributed by atoms with Crippen LogP contribution in [0.5, 0.6) is 0 Å². The highest BCUT2D eigenvalue weighted by molar-refractivity contribution is 7.10. The van der Waals surface area contributed by atoms with Crippen LogP contribution in [-0.2, 0) is 22.6 Å². The maximum Gasteiger partial charge on any atom is 0.313 e. The van der Waals surface area contributed by atoms with E-state index in [2.05, 4.69) is 46.3 Å². The highest BCUT2D eigenvalue weighted by Crippen LogP contribution is 2.19. The van der Waals surface area contributed by atoms with Gasteiger partial charge in [0.05, 0.1) is 18.0 Å². The summed E-state index contributed by atoms with van der Waals surface area (Å²) in [5.74, 6) is -1.23. The van der Waals surface area contributed by atoms with Crippen molar-refractivity contribution in [3.63, 3.8) is 0 Å². The predicted octanol–water partition coefficient (Wildman–Crippen LogP) is 2.49. The van der Waals surface area contributed by atoms with Crippen molar-refractivity contribution in [1.29, 1.82) is 0 Å². The molecule has 30 heavy (non-hydrogen) atoms. The zero-order valence-electron chi connectivity index (χ0n) is 17.0. The second-order valence-electron chi connectivity index (χ2n) is 7.65. The lowest BCUT2D eigenvalue weighted by Crippen LogP contribution is -3.12. The van der Waals surface area contributed by atoms with Crippen molar-refractivity contribution >= 4 is 28.8 Å².